The van der Waals surface area contributed by atoms with Crippen LogP contribution >= 0.6 is 11.8 Å². The normalized spacial score (nSPS) is 19.1. The number of amides is 1. The molecule has 3 heterocycles. The summed E-state index contributed by atoms with van der Waals surface area (Å²) >= 11 is 1.45. The van der Waals surface area contributed by atoms with Crippen LogP contribution in [-0.4, -0.2) is 79.2 Å². The van der Waals surface area contributed by atoms with Crippen molar-refractivity contribution >= 4 is 28.8 Å². The Kier molecular flexibility index (Phi) is 8.46. The van der Waals surface area contributed by atoms with Crippen LogP contribution in [0.1, 0.15) is 30.5 Å². The van der Waals surface area contributed by atoms with Crippen molar-refractivity contribution < 1.29 is 23.8 Å². The van der Waals surface area contributed by atoms with Crippen LogP contribution in [0, 0.1) is 0 Å². The zero-order valence-corrected chi connectivity index (χ0v) is 24.1. The standard InChI is InChI=1S/C30H34N4O5S/c1-20-26(29(36)39-18-21-9-6-5-7-10-21)27(23-11-8-12-24(37-3)28(23)38-4)34-22(19-40-30(34)31-20)17-25(35)33-15-13-32(2)14-16-33/h5-12,19,27H,13-18H2,1-4H3/t27-/m1/s1. The molecule has 1 fully saturated rings. The summed E-state index contributed by atoms with van der Waals surface area (Å²) in [6.07, 6.45) is 0.198. The summed E-state index contributed by atoms with van der Waals surface area (Å²) in [6, 6.07) is 14.5. The van der Waals surface area contributed by atoms with Gasteiger partial charge in [-0.2, -0.15) is 0 Å². The number of nitrogens with zero attached hydrogens (tertiary/aromatic N) is 4. The highest BCUT2D eigenvalue weighted by Crippen LogP contribution is 2.48. The van der Waals surface area contributed by atoms with Crippen molar-refractivity contribution in [3.05, 3.63) is 82.0 Å². The molecule has 0 bridgehead atoms. The number of benzene rings is 2. The maximum absolute atomic E-state index is 13.8. The first-order valence-corrected chi connectivity index (χ1v) is 14.1. The highest BCUT2D eigenvalue weighted by Gasteiger charge is 2.43. The molecule has 10 heteroatoms. The second-order valence-electron chi connectivity index (χ2n) is 9.90. The van der Waals surface area contributed by atoms with Gasteiger partial charge >= 0.3 is 5.97 Å². The Morgan fingerprint density at radius 2 is 1.75 bits per heavy atom. The summed E-state index contributed by atoms with van der Waals surface area (Å²) in [6.45, 7) is 5.03. The van der Waals surface area contributed by atoms with Gasteiger partial charge in [-0.3, -0.25) is 4.79 Å². The number of aliphatic imine (C=N–C) groups is 1. The van der Waals surface area contributed by atoms with E-state index in [1.165, 1.54) is 11.8 Å². The van der Waals surface area contributed by atoms with Gasteiger partial charge in [-0.1, -0.05) is 54.2 Å². The van der Waals surface area contributed by atoms with Crippen molar-refractivity contribution in [1.82, 2.24) is 14.7 Å². The van der Waals surface area contributed by atoms with Crippen molar-refractivity contribution in [1.29, 1.82) is 0 Å². The first-order valence-electron chi connectivity index (χ1n) is 13.2. The predicted octanol–water partition coefficient (Wildman–Crippen LogP) is 4.19. The largest absolute Gasteiger partial charge is 0.493 e. The van der Waals surface area contributed by atoms with Crippen LogP contribution < -0.4 is 9.47 Å². The minimum absolute atomic E-state index is 0.0528. The average molecular weight is 563 g/mol. The number of rotatable bonds is 8. The zero-order valence-electron chi connectivity index (χ0n) is 23.3. The summed E-state index contributed by atoms with van der Waals surface area (Å²) in [7, 11) is 5.22. The minimum Gasteiger partial charge on any atom is -0.493 e. The molecular formula is C30H34N4O5S. The maximum Gasteiger partial charge on any atom is 0.338 e. The Bertz CT molecular complexity index is 1370. The molecule has 0 aromatic heterocycles. The van der Waals surface area contributed by atoms with E-state index in [1.807, 2.05) is 70.7 Å². The van der Waals surface area contributed by atoms with Gasteiger partial charge in [0.2, 0.25) is 5.91 Å². The van der Waals surface area contributed by atoms with E-state index in [-0.39, 0.29) is 18.9 Å². The molecule has 3 aliphatic rings. The van der Waals surface area contributed by atoms with Crippen LogP contribution in [-0.2, 0) is 20.9 Å². The fourth-order valence-corrected chi connectivity index (χ4v) is 6.14. The van der Waals surface area contributed by atoms with Gasteiger partial charge < -0.3 is 28.9 Å². The quantitative estimate of drug-likeness (QED) is 0.443. The summed E-state index contributed by atoms with van der Waals surface area (Å²) < 4.78 is 17.2. The second kappa shape index (κ2) is 12.2. The van der Waals surface area contributed by atoms with E-state index in [0.29, 0.717) is 41.0 Å². The average Bonchev–Trinajstić information content (AvgIpc) is 3.37. The van der Waals surface area contributed by atoms with E-state index >= 15 is 0 Å². The van der Waals surface area contributed by atoms with E-state index in [1.54, 1.807) is 14.2 Å². The molecule has 5 rings (SSSR count). The number of likely N-dealkylation sites (N-methyl/N-ethyl adjacent to an activating group) is 1. The number of methoxy groups -OCH3 is 2. The van der Waals surface area contributed by atoms with E-state index in [9.17, 15) is 9.59 Å². The monoisotopic (exact) mass is 562 g/mol. The summed E-state index contributed by atoms with van der Waals surface area (Å²) in [4.78, 5) is 38.0. The number of amidine groups is 1. The predicted molar refractivity (Wildman–Crippen MR) is 155 cm³/mol. The number of hydrogen-bond donors (Lipinski definition) is 0. The first-order chi connectivity index (χ1) is 19.4. The molecule has 9 nitrogen and oxygen atoms in total. The Morgan fingerprint density at radius 3 is 2.45 bits per heavy atom. The van der Waals surface area contributed by atoms with E-state index in [4.69, 9.17) is 19.2 Å². The Labute approximate surface area is 239 Å². The van der Waals surface area contributed by atoms with Crippen LogP contribution in [0.3, 0.4) is 0 Å². The molecule has 0 radical (unpaired) electrons. The lowest BCUT2D eigenvalue weighted by atomic mass is 9.92. The molecule has 0 unspecified atom stereocenters. The minimum atomic E-state index is -0.623. The number of thioether (sulfide) groups is 1. The smallest absolute Gasteiger partial charge is 0.338 e. The maximum atomic E-state index is 13.8. The molecule has 1 amide bonds. The fraction of sp³-hybridized carbons (Fsp3) is 0.367. The lowest BCUT2D eigenvalue weighted by Gasteiger charge is -2.38. The molecule has 40 heavy (non-hydrogen) atoms. The van der Waals surface area contributed by atoms with Crippen molar-refractivity contribution in [3.8, 4) is 11.5 Å². The van der Waals surface area contributed by atoms with Crippen molar-refractivity contribution in [2.45, 2.75) is 26.0 Å². The second-order valence-corrected chi connectivity index (χ2v) is 10.7. The van der Waals surface area contributed by atoms with E-state index < -0.39 is 12.0 Å². The number of ether oxygens (including phenoxy) is 3. The van der Waals surface area contributed by atoms with E-state index in [0.717, 1.165) is 29.9 Å². The number of hydrogen-bond acceptors (Lipinski definition) is 9. The van der Waals surface area contributed by atoms with Gasteiger partial charge in [0.1, 0.15) is 6.61 Å². The van der Waals surface area contributed by atoms with Crippen LogP contribution in [0.5, 0.6) is 11.5 Å². The number of allylic oxidation sites excluding steroid dienone is 1. The highest BCUT2D eigenvalue weighted by atomic mass is 32.2. The molecular weight excluding hydrogens is 528 g/mol. The van der Waals surface area contributed by atoms with E-state index in [2.05, 4.69) is 11.9 Å². The van der Waals surface area contributed by atoms with Crippen LogP contribution in [0.2, 0.25) is 0 Å². The lowest BCUT2D eigenvalue weighted by molar-refractivity contribution is -0.141. The number of esters is 1. The first kappa shape index (κ1) is 27.8. The molecule has 0 aliphatic carbocycles. The molecule has 0 spiro atoms. The SMILES string of the molecule is COc1cccc([C@@H]2C(C(=O)OCc3ccccc3)=C(C)N=C3SC=C(CC(=O)N4CCN(C)CC4)N32)c1OC. The number of piperazine rings is 1. The topological polar surface area (TPSA) is 83.9 Å². The summed E-state index contributed by atoms with van der Waals surface area (Å²) in [5.41, 5.74) is 3.35. The third-order valence-corrected chi connectivity index (χ3v) is 8.24. The lowest BCUT2D eigenvalue weighted by Crippen LogP contribution is -2.47. The van der Waals surface area contributed by atoms with Gasteiger partial charge in [-0.05, 0) is 31.0 Å². The number of fused-ring (bicyclic) bond motifs is 1. The molecule has 1 saturated heterocycles. The van der Waals surface area contributed by atoms with Crippen molar-refractivity contribution in [2.24, 2.45) is 4.99 Å². The number of para-hydroxylation sites is 1. The third kappa shape index (κ3) is 5.59. The number of carbonyl (C=O) groups excluding carboxylic acids is 2. The summed E-state index contributed by atoms with van der Waals surface area (Å²) in [5.74, 6) is 0.640. The van der Waals surface area contributed by atoms with Gasteiger partial charge in [0.05, 0.1) is 38.0 Å². The molecule has 210 valence electrons. The Morgan fingerprint density at radius 1 is 1.00 bits per heavy atom. The zero-order chi connectivity index (χ0) is 28.2. The molecule has 0 N–H and O–H groups in total. The van der Waals surface area contributed by atoms with Crippen LogP contribution in [0.15, 0.2) is 75.9 Å². The van der Waals surface area contributed by atoms with Crippen LogP contribution in [0.4, 0.5) is 0 Å². The summed E-state index contributed by atoms with van der Waals surface area (Å²) in [5, 5.41) is 2.66. The van der Waals surface area contributed by atoms with Gasteiger partial charge in [-0.15, -0.1) is 0 Å². The Balaban J connectivity index is 1.50. The number of carbonyl (C=O) groups is 2. The highest BCUT2D eigenvalue weighted by molar-refractivity contribution is 8.16. The van der Waals surface area contributed by atoms with Crippen molar-refractivity contribution in [2.75, 3.05) is 47.4 Å². The van der Waals surface area contributed by atoms with Gasteiger partial charge in [-0.25, -0.2) is 9.79 Å². The molecule has 2 aromatic carbocycles. The fourth-order valence-electron chi connectivity index (χ4n) is 5.18. The molecule has 3 aliphatic heterocycles. The van der Waals surface area contributed by atoms with Crippen molar-refractivity contribution in [3.63, 3.8) is 0 Å². The Hall–Kier alpha value is -3.76. The molecule has 1 atom stereocenters. The third-order valence-electron chi connectivity index (χ3n) is 7.35. The van der Waals surface area contributed by atoms with Gasteiger partial charge in [0, 0.05) is 37.4 Å². The molecule has 2 aromatic rings. The molecule has 0 saturated carbocycles. The van der Waals surface area contributed by atoms with Crippen LogP contribution in [0.25, 0.3) is 0 Å². The van der Waals surface area contributed by atoms with Gasteiger partial charge in [0.25, 0.3) is 0 Å². The van der Waals surface area contributed by atoms with Gasteiger partial charge in [0.15, 0.2) is 16.7 Å².